The molecule has 0 unspecified atom stereocenters. The summed E-state index contributed by atoms with van der Waals surface area (Å²) in [6.07, 6.45) is 1.66. The van der Waals surface area contributed by atoms with E-state index in [2.05, 4.69) is 10.6 Å². The Morgan fingerprint density at radius 2 is 1.75 bits per heavy atom. The molecule has 3 aromatic rings. The zero-order chi connectivity index (χ0) is 32.6. The Morgan fingerprint density at radius 3 is 2.34 bits per heavy atom. The van der Waals surface area contributed by atoms with Gasteiger partial charge in [0, 0.05) is 42.7 Å². The van der Waals surface area contributed by atoms with Gasteiger partial charge in [-0.1, -0.05) is 51.1 Å². The van der Waals surface area contributed by atoms with Crippen LogP contribution in [-0.2, 0) is 20.9 Å². The lowest BCUT2D eigenvalue weighted by Gasteiger charge is -2.41. The van der Waals surface area contributed by atoms with Crippen LogP contribution < -0.4 is 16.4 Å². The van der Waals surface area contributed by atoms with E-state index in [4.69, 9.17) is 5.73 Å². The van der Waals surface area contributed by atoms with E-state index in [1.165, 1.54) is 4.90 Å². The van der Waals surface area contributed by atoms with Gasteiger partial charge in [-0.05, 0) is 48.7 Å². The lowest BCUT2D eigenvalue weighted by atomic mass is 9.82. The summed E-state index contributed by atoms with van der Waals surface area (Å²) in [5.41, 5.74) is 7.47. The summed E-state index contributed by atoms with van der Waals surface area (Å²) in [4.78, 5) is 38.9. The van der Waals surface area contributed by atoms with Crippen molar-refractivity contribution in [3.8, 4) is 11.1 Å². The van der Waals surface area contributed by atoms with Gasteiger partial charge in [0.05, 0.1) is 12.1 Å². The number of benzene rings is 2. The van der Waals surface area contributed by atoms with Gasteiger partial charge in [-0.2, -0.15) is 0 Å². The summed E-state index contributed by atoms with van der Waals surface area (Å²) in [7, 11) is 1.55. The van der Waals surface area contributed by atoms with E-state index in [0.29, 0.717) is 17.8 Å². The molecule has 0 spiro atoms. The van der Waals surface area contributed by atoms with Crippen LogP contribution in [0.15, 0.2) is 60.8 Å². The number of hydrogen-bond acceptors (Lipinski definition) is 6. The minimum Gasteiger partial charge on any atom is -0.480 e. The number of aliphatic carboxylic acids is 1. The van der Waals surface area contributed by atoms with E-state index in [1.807, 2.05) is 55.7 Å². The first-order chi connectivity index (χ1) is 20.8. The second-order valence-corrected chi connectivity index (χ2v) is 11.8. The molecule has 1 heterocycles. The van der Waals surface area contributed by atoms with Crippen LogP contribution in [0.5, 0.6) is 0 Å². The van der Waals surface area contributed by atoms with Crippen LogP contribution >= 0.6 is 0 Å². The second kappa shape index (κ2) is 15.0. The van der Waals surface area contributed by atoms with Crippen LogP contribution in [0, 0.1) is 17.0 Å². The molecule has 0 bridgehead atoms. The molecule has 0 aliphatic rings. The molecule has 44 heavy (non-hydrogen) atoms. The highest BCUT2D eigenvalue weighted by molar-refractivity contribution is 5.87. The average molecular weight is 614 g/mol. The summed E-state index contributed by atoms with van der Waals surface area (Å²) in [5, 5.41) is 24.4. The first-order valence-electron chi connectivity index (χ1n) is 14.3. The van der Waals surface area contributed by atoms with Crippen molar-refractivity contribution < 1.29 is 33.4 Å². The highest BCUT2D eigenvalue weighted by Crippen LogP contribution is 2.41. The number of aliphatic hydroxyl groups is 1. The molecule has 0 radical (unpaired) electrons. The quantitative estimate of drug-likeness (QED) is 0.188. The number of halogens is 2. The maximum Gasteiger partial charge on any atom is 0.327 e. The van der Waals surface area contributed by atoms with Crippen molar-refractivity contribution in [2.75, 3.05) is 26.7 Å². The molecule has 3 rings (SSSR count). The van der Waals surface area contributed by atoms with Gasteiger partial charge in [-0.25, -0.2) is 13.6 Å². The Bertz CT molecular complexity index is 1440. The van der Waals surface area contributed by atoms with Crippen LogP contribution in [0.25, 0.3) is 11.1 Å². The van der Waals surface area contributed by atoms with Crippen LogP contribution in [0.2, 0.25) is 0 Å². The maximum atomic E-state index is 14.9. The van der Waals surface area contributed by atoms with Gasteiger partial charge in [0.25, 0.3) is 0 Å². The highest BCUT2D eigenvalue weighted by atomic mass is 19.1. The van der Waals surface area contributed by atoms with Gasteiger partial charge < -0.3 is 36.0 Å². The molecule has 3 atom stereocenters. The molecule has 10 nitrogen and oxygen atoms in total. The number of rotatable bonds is 14. The van der Waals surface area contributed by atoms with E-state index >= 15 is 0 Å². The molecule has 238 valence electrons. The van der Waals surface area contributed by atoms with Gasteiger partial charge in [0.1, 0.15) is 24.3 Å². The van der Waals surface area contributed by atoms with E-state index in [0.717, 1.165) is 23.8 Å². The predicted octanol–water partition coefficient (Wildman–Crippen LogP) is 2.90. The number of nitrogens with zero attached hydrogens (tertiary/aromatic N) is 2. The first kappa shape index (κ1) is 34.4. The van der Waals surface area contributed by atoms with Crippen LogP contribution in [0.4, 0.5) is 8.78 Å². The number of amides is 2. The van der Waals surface area contributed by atoms with Crippen molar-refractivity contribution >= 4 is 17.8 Å². The Labute approximate surface area is 255 Å². The molecule has 2 aromatic carbocycles. The van der Waals surface area contributed by atoms with E-state index < -0.39 is 59.6 Å². The topological polar surface area (TPSA) is 150 Å². The molecular formula is C32H41F2N5O5. The lowest BCUT2D eigenvalue weighted by molar-refractivity contribution is -0.142. The number of hydrogen-bond donors (Lipinski definition) is 5. The predicted molar refractivity (Wildman–Crippen MR) is 162 cm³/mol. The number of nitrogens with one attached hydrogen (secondary N) is 2. The maximum absolute atomic E-state index is 14.9. The molecule has 0 saturated heterocycles. The van der Waals surface area contributed by atoms with Crippen LogP contribution in [-0.4, -0.2) is 76.3 Å². The van der Waals surface area contributed by atoms with Gasteiger partial charge >= 0.3 is 5.97 Å². The zero-order valence-corrected chi connectivity index (χ0v) is 25.4. The SMILES string of the molecule is CNC[C@H](NC(=O)[C@@H](N)CCN(C(=O)CO)[C@@H](c1cc(-c2cc(F)ccc2F)cn1Cc1ccccc1)C(C)(C)C)C(=O)O. The van der Waals surface area contributed by atoms with Crippen molar-refractivity contribution in [1.82, 2.24) is 20.1 Å². The third-order valence-corrected chi connectivity index (χ3v) is 7.27. The monoisotopic (exact) mass is 613 g/mol. The Morgan fingerprint density at radius 1 is 1.07 bits per heavy atom. The number of carbonyl (C=O) groups excluding carboxylic acids is 2. The Hall–Kier alpha value is -4.13. The third kappa shape index (κ3) is 8.71. The summed E-state index contributed by atoms with van der Waals surface area (Å²) in [5.74, 6) is -3.76. The van der Waals surface area contributed by atoms with Crippen molar-refractivity contribution in [2.45, 2.75) is 51.9 Å². The fraction of sp³-hybridized carbons (Fsp3) is 0.406. The fourth-order valence-electron chi connectivity index (χ4n) is 5.19. The standard InChI is InChI=1S/C32H41F2N5O5/c1-32(2,3)29(39(28(41)19-40)13-12-25(35)30(42)37-26(16-36-4)31(43)44)27-14-21(23-15-22(33)10-11-24(23)34)18-38(27)17-20-8-6-5-7-9-20/h5-11,14-15,18,25-26,29,36,40H,12-13,16-17,19,35H2,1-4H3,(H,37,42)(H,43,44)/t25-,26-,29-/m0/s1. The van der Waals surface area contributed by atoms with E-state index in [1.54, 1.807) is 19.3 Å². The number of aliphatic hydroxyl groups excluding tert-OH is 1. The van der Waals surface area contributed by atoms with Crippen LogP contribution in [0.1, 0.15) is 44.5 Å². The Balaban J connectivity index is 2.05. The summed E-state index contributed by atoms with van der Waals surface area (Å²) in [6.45, 7) is 5.17. The largest absolute Gasteiger partial charge is 0.480 e. The third-order valence-electron chi connectivity index (χ3n) is 7.27. The number of nitrogens with two attached hydrogens (primary N) is 1. The summed E-state index contributed by atoms with van der Waals surface area (Å²) < 4.78 is 31.0. The minimum absolute atomic E-state index is 0.0122. The lowest BCUT2D eigenvalue weighted by Crippen LogP contribution is -2.53. The minimum atomic E-state index is -1.23. The van der Waals surface area contributed by atoms with E-state index in [9.17, 15) is 33.4 Å². The molecule has 0 aliphatic heterocycles. The normalized spacial score (nSPS) is 13.6. The van der Waals surface area contributed by atoms with Gasteiger partial charge in [-0.15, -0.1) is 0 Å². The summed E-state index contributed by atoms with van der Waals surface area (Å²) in [6, 6.07) is 11.3. The average Bonchev–Trinajstić information content (AvgIpc) is 3.37. The number of carboxylic acids is 1. The molecule has 1 aromatic heterocycles. The van der Waals surface area contributed by atoms with E-state index in [-0.39, 0.29) is 25.1 Å². The van der Waals surface area contributed by atoms with Gasteiger partial charge in [0.15, 0.2) is 0 Å². The smallest absolute Gasteiger partial charge is 0.327 e. The highest BCUT2D eigenvalue weighted by Gasteiger charge is 2.37. The van der Waals surface area contributed by atoms with Crippen molar-refractivity contribution in [3.05, 3.63) is 83.7 Å². The number of carboxylic acid groups (broad SMARTS) is 1. The number of carbonyl (C=O) groups is 3. The fourth-order valence-corrected chi connectivity index (χ4v) is 5.19. The number of likely N-dealkylation sites (N-methyl/N-ethyl adjacent to an activating group) is 1. The first-order valence-corrected chi connectivity index (χ1v) is 14.3. The second-order valence-electron chi connectivity index (χ2n) is 11.8. The summed E-state index contributed by atoms with van der Waals surface area (Å²) >= 11 is 0. The van der Waals surface area contributed by atoms with Crippen molar-refractivity contribution in [3.63, 3.8) is 0 Å². The van der Waals surface area contributed by atoms with Crippen LogP contribution in [0.3, 0.4) is 0 Å². The zero-order valence-electron chi connectivity index (χ0n) is 25.4. The Kier molecular flexibility index (Phi) is 11.7. The molecular weight excluding hydrogens is 572 g/mol. The molecule has 6 N–H and O–H groups in total. The van der Waals surface area contributed by atoms with Gasteiger partial charge in [-0.3, -0.25) is 9.59 Å². The van der Waals surface area contributed by atoms with Gasteiger partial charge in [0.2, 0.25) is 11.8 Å². The molecule has 0 aliphatic carbocycles. The molecule has 2 amide bonds. The molecule has 0 fully saturated rings. The van der Waals surface area contributed by atoms with Crippen molar-refractivity contribution in [1.29, 1.82) is 0 Å². The number of aromatic nitrogens is 1. The molecule has 0 saturated carbocycles. The van der Waals surface area contributed by atoms with Crippen molar-refractivity contribution in [2.24, 2.45) is 11.1 Å². The molecule has 12 heteroatoms.